The van der Waals surface area contributed by atoms with Gasteiger partial charge in [0, 0.05) is 6.54 Å². The molecule has 0 bridgehead atoms. The lowest BCUT2D eigenvalue weighted by Crippen LogP contribution is -2.32. The molecule has 1 aromatic carbocycles. The third-order valence-corrected chi connectivity index (χ3v) is 3.61. The molecule has 0 radical (unpaired) electrons. The third kappa shape index (κ3) is 5.05. The van der Waals surface area contributed by atoms with Crippen LogP contribution >= 0.6 is 11.3 Å². The van der Waals surface area contributed by atoms with Gasteiger partial charge in [0.05, 0.1) is 17.2 Å². The smallest absolute Gasteiger partial charge is 0.319 e. The molecule has 5 nitrogen and oxygen atoms in total. The van der Waals surface area contributed by atoms with Crippen LogP contribution < -0.4 is 15.4 Å². The van der Waals surface area contributed by atoms with Crippen LogP contribution in [0.3, 0.4) is 0 Å². The van der Waals surface area contributed by atoms with E-state index in [1.807, 2.05) is 43.5 Å². The molecule has 0 aliphatic rings. The second kappa shape index (κ2) is 7.82. The van der Waals surface area contributed by atoms with E-state index in [9.17, 15) is 9.90 Å². The van der Waals surface area contributed by atoms with Gasteiger partial charge in [-0.05, 0) is 49.1 Å². The summed E-state index contributed by atoms with van der Waals surface area (Å²) in [6.07, 6.45) is -0.716. The number of thiophene rings is 1. The maximum Gasteiger partial charge on any atom is 0.319 e. The minimum absolute atomic E-state index is 0.0714. The van der Waals surface area contributed by atoms with E-state index < -0.39 is 6.10 Å². The zero-order chi connectivity index (χ0) is 15.9. The van der Waals surface area contributed by atoms with Crippen LogP contribution in [-0.4, -0.2) is 23.8 Å². The molecule has 0 unspecified atom stereocenters. The highest BCUT2D eigenvalue weighted by molar-refractivity contribution is 7.14. The summed E-state index contributed by atoms with van der Waals surface area (Å²) in [5, 5.41) is 18.1. The summed E-state index contributed by atoms with van der Waals surface area (Å²) in [5.41, 5.74) is 0.703. The average molecular weight is 320 g/mol. The molecular weight excluding hydrogens is 300 g/mol. The zero-order valence-corrected chi connectivity index (χ0v) is 13.4. The summed E-state index contributed by atoms with van der Waals surface area (Å²) in [5.74, 6) is 0.703. The van der Waals surface area contributed by atoms with Gasteiger partial charge in [0.25, 0.3) is 0 Å². The standard InChI is InChI=1S/C16H20N2O3S/c1-11(2)21-13-6-3-5-12(9-13)14(19)10-17-16(20)18-15-7-4-8-22-15/h3-9,11,14,19H,10H2,1-2H3,(H2,17,18,20)/t14-/m1/s1. The highest BCUT2D eigenvalue weighted by atomic mass is 32.1. The molecular formula is C16H20N2O3S. The predicted molar refractivity (Wildman–Crippen MR) is 88.5 cm³/mol. The van der Waals surface area contributed by atoms with Crippen molar-refractivity contribution >= 4 is 22.4 Å². The summed E-state index contributed by atoms with van der Waals surface area (Å²) in [4.78, 5) is 11.7. The highest BCUT2D eigenvalue weighted by Gasteiger charge is 2.11. The van der Waals surface area contributed by atoms with Crippen molar-refractivity contribution < 1.29 is 14.6 Å². The summed E-state index contributed by atoms with van der Waals surface area (Å²) >= 11 is 1.44. The van der Waals surface area contributed by atoms with Crippen molar-refractivity contribution in [2.75, 3.05) is 11.9 Å². The number of nitrogens with one attached hydrogen (secondary N) is 2. The molecule has 1 heterocycles. The van der Waals surface area contributed by atoms with Gasteiger partial charge in [-0.3, -0.25) is 5.32 Å². The Hall–Kier alpha value is -2.05. The fraction of sp³-hybridized carbons (Fsp3) is 0.312. The summed E-state index contributed by atoms with van der Waals surface area (Å²) in [6.45, 7) is 4.02. The van der Waals surface area contributed by atoms with Gasteiger partial charge in [0.1, 0.15) is 5.75 Å². The Morgan fingerprint density at radius 3 is 2.82 bits per heavy atom. The molecule has 2 amide bonds. The number of aliphatic hydroxyl groups excluding tert-OH is 1. The number of ether oxygens (including phenoxy) is 1. The number of urea groups is 1. The molecule has 0 fully saturated rings. The number of hydrogen-bond acceptors (Lipinski definition) is 4. The zero-order valence-electron chi connectivity index (χ0n) is 12.6. The van der Waals surface area contributed by atoms with Crippen LogP contribution in [0.2, 0.25) is 0 Å². The largest absolute Gasteiger partial charge is 0.491 e. The van der Waals surface area contributed by atoms with Gasteiger partial charge in [-0.2, -0.15) is 0 Å². The number of aliphatic hydroxyl groups is 1. The van der Waals surface area contributed by atoms with Crippen molar-refractivity contribution in [1.82, 2.24) is 5.32 Å². The Morgan fingerprint density at radius 2 is 2.14 bits per heavy atom. The van der Waals surface area contributed by atoms with Crippen molar-refractivity contribution in [3.8, 4) is 5.75 Å². The third-order valence-electron chi connectivity index (χ3n) is 2.83. The molecule has 3 N–H and O–H groups in total. The summed E-state index contributed by atoms with van der Waals surface area (Å²) < 4.78 is 5.59. The van der Waals surface area contributed by atoms with Gasteiger partial charge in [0.15, 0.2) is 0 Å². The molecule has 22 heavy (non-hydrogen) atoms. The van der Waals surface area contributed by atoms with Gasteiger partial charge in [0.2, 0.25) is 0 Å². The maximum absolute atomic E-state index is 11.7. The molecule has 1 aromatic heterocycles. The lowest BCUT2D eigenvalue weighted by Gasteiger charge is -2.15. The first kappa shape index (κ1) is 16.3. The fourth-order valence-electron chi connectivity index (χ4n) is 1.88. The van der Waals surface area contributed by atoms with E-state index in [0.717, 1.165) is 5.00 Å². The predicted octanol–water partition coefficient (Wildman–Crippen LogP) is 3.39. The Balaban J connectivity index is 1.86. The van der Waals surface area contributed by atoms with Crippen LogP contribution in [-0.2, 0) is 0 Å². The molecule has 118 valence electrons. The topological polar surface area (TPSA) is 70.6 Å². The number of rotatable bonds is 6. The van der Waals surface area contributed by atoms with Crippen molar-refractivity contribution in [2.24, 2.45) is 0 Å². The lowest BCUT2D eigenvalue weighted by molar-refractivity contribution is 0.174. The maximum atomic E-state index is 11.7. The molecule has 0 saturated carbocycles. The summed E-state index contributed by atoms with van der Waals surface area (Å²) in [7, 11) is 0. The van der Waals surface area contributed by atoms with Crippen LogP contribution in [0.25, 0.3) is 0 Å². The van der Waals surface area contributed by atoms with Gasteiger partial charge in [-0.25, -0.2) is 4.79 Å². The van der Waals surface area contributed by atoms with Gasteiger partial charge < -0.3 is 15.2 Å². The number of benzene rings is 1. The monoisotopic (exact) mass is 320 g/mol. The quantitative estimate of drug-likeness (QED) is 0.764. The van der Waals surface area contributed by atoms with Crippen LogP contribution in [0.5, 0.6) is 5.75 Å². The first-order valence-electron chi connectivity index (χ1n) is 7.07. The Morgan fingerprint density at radius 1 is 1.32 bits per heavy atom. The van der Waals surface area contributed by atoms with E-state index in [1.165, 1.54) is 11.3 Å². The number of amides is 2. The van der Waals surface area contributed by atoms with Crippen LogP contribution in [0.15, 0.2) is 41.8 Å². The molecule has 2 aromatic rings. The van der Waals surface area contributed by atoms with E-state index >= 15 is 0 Å². The number of hydrogen-bond donors (Lipinski definition) is 3. The van der Waals surface area contributed by atoms with Crippen molar-refractivity contribution in [2.45, 2.75) is 26.1 Å². The Bertz CT molecular complexity index is 599. The fourth-order valence-corrected chi connectivity index (χ4v) is 2.49. The van der Waals surface area contributed by atoms with E-state index in [-0.39, 0.29) is 18.7 Å². The van der Waals surface area contributed by atoms with Crippen LogP contribution in [0, 0.1) is 0 Å². The van der Waals surface area contributed by atoms with E-state index in [0.29, 0.717) is 11.3 Å². The first-order valence-corrected chi connectivity index (χ1v) is 7.95. The molecule has 0 aliphatic carbocycles. The number of carbonyl (C=O) groups is 1. The van der Waals surface area contributed by atoms with Crippen molar-refractivity contribution in [3.05, 3.63) is 47.3 Å². The average Bonchev–Trinajstić information content (AvgIpc) is 2.97. The van der Waals surface area contributed by atoms with E-state index in [4.69, 9.17) is 4.74 Å². The highest BCUT2D eigenvalue weighted by Crippen LogP contribution is 2.20. The molecule has 0 aliphatic heterocycles. The van der Waals surface area contributed by atoms with Gasteiger partial charge >= 0.3 is 6.03 Å². The van der Waals surface area contributed by atoms with Crippen LogP contribution in [0.1, 0.15) is 25.5 Å². The van der Waals surface area contributed by atoms with Crippen LogP contribution in [0.4, 0.5) is 9.80 Å². The first-order chi connectivity index (χ1) is 10.5. The molecule has 1 atom stereocenters. The second-order valence-electron chi connectivity index (χ2n) is 5.07. The molecule has 0 saturated heterocycles. The molecule has 0 spiro atoms. The second-order valence-corrected chi connectivity index (χ2v) is 6.01. The minimum atomic E-state index is -0.787. The SMILES string of the molecule is CC(C)Oc1cccc([C@H](O)CNC(=O)Nc2cccs2)c1. The lowest BCUT2D eigenvalue weighted by atomic mass is 10.1. The van der Waals surface area contributed by atoms with Gasteiger partial charge in [-0.1, -0.05) is 12.1 Å². The number of anilines is 1. The van der Waals surface area contributed by atoms with Crippen molar-refractivity contribution in [1.29, 1.82) is 0 Å². The summed E-state index contributed by atoms with van der Waals surface area (Å²) in [6, 6.07) is 10.6. The minimum Gasteiger partial charge on any atom is -0.491 e. The van der Waals surface area contributed by atoms with Crippen molar-refractivity contribution in [3.63, 3.8) is 0 Å². The normalized spacial score (nSPS) is 12.0. The van der Waals surface area contributed by atoms with Gasteiger partial charge in [-0.15, -0.1) is 11.3 Å². The van der Waals surface area contributed by atoms with E-state index in [2.05, 4.69) is 10.6 Å². The molecule has 6 heteroatoms. The number of carbonyl (C=O) groups excluding carboxylic acids is 1. The Kier molecular flexibility index (Phi) is 5.80. The Labute approximate surface area is 133 Å². The molecule has 2 rings (SSSR count). The van der Waals surface area contributed by atoms with E-state index in [1.54, 1.807) is 12.1 Å².